The molecule has 2 N–H and O–H groups in total. The monoisotopic (exact) mass is 483 g/mol. The fourth-order valence-electron chi connectivity index (χ4n) is 3.66. The summed E-state index contributed by atoms with van der Waals surface area (Å²) in [6.07, 6.45) is 5.44. The molecule has 0 fully saturated rings. The van der Waals surface area contributed by atoms with Gasteiger partial charge in [0.15, 0.2) is 6.29 Å². The molecule has 3 rings (SSSR count). The van der Waals surface area contributed by atoms with Gasteiger partial charge in [0.2, 0.25) is 5.95 Å². The van der Waals surface area contributed by atoms with E-state index in [4.69, 9.17) is 9.47 Å². The fourth-order valence-corrected chi connectivity index (χ4v) is 3.66. The Hall–Kier alpha value is -3.73. The zero-order valence-corrected chi connectivity index (χ0v) is 21.2. The lowest BCUT2D eigenvalue weighted by Crippen LogP contribution is -2.53. The van der Waals surface area contributed by atoms with E-state index in [9.17, 15) is 9.59 Å². The Bertz CT molecular complexity index is 1190. The first-order chi connectivity index (χ1) is 16.4. The minimum Gasteiger partial charge on any atom is -0.444 e. The van der Waals surface area contributed by atoms with E-state index in [0.29, 0.717) is 17.3 Å². The molecule has 11 nitrogen and oxygen atoms in total. The summed E-state index contributed by atoms with van der Waals surface area (Å²) in [7, 11) is 3.37. The Labute approximate surface area is 204 Å². The third-order valence-electron chi connectivity index (χ3n) is 5.14. The molecule has 1 amide bonds. The smallest absolute Gasteiger partial charge is 0.408 e. The molecule has 0 aliphatic heterocycles. The van der Waals surface area contributed by atoms with E-state index in [-0.39, 0.29) is 13.2 Å². The highest BCUT2D eigenvalue weighted by molar-refractivity contribution is 5.78. The van der Waals surface area contributed by atoms with Crippen LogP contribution in [0.5, 0.6) is 0 Å². The molecule has 1 atom stereocenters. The van der Waals surface area contributed by atoms with Crippen LogP contribution >= 0.6 is 0 Å². The zero-order valence-electron chi connectivity index (χ0n) is 21.2. The minimum absolute atomic E-state index is 0.212. The second-order valence-electron chi connectivity index (χ2n) is 9.71. The van der Waals surface area contributed by atoms with Crippen molar-refractivity contribution in [3.8, 4) is 11.3 Å². The van der Waals surface area contributed by atoms with Gasteiger partial charge in [0.25, 0.3) is 0 Å². The molecule has 3 heterocycles. The van der Waals surface area contributed by atoms with Crippen molar-refractivity contribution in [2.75, 3.05) is 19.0 Å². The van der Waals surface area contributed by atoms with Gasteiger partial charge < -0.3 is 24.7 Å². The van der Waals surface area contributed by atoms with E-state index >= 15 is 0 Å². The fraction of sp³-hybridized carbons (Fsp3) is 0.458. The molecule has 0 bridgehead atoms. The van der Waals surface area contributed by atoms with Crippen LogP contribution in [0.4, 0.5) is 16.6 Å². The number of carbonyl (C=O) groups excluding carboxylic acids is 2. The van der Waals surface area contributed by atoms with Crippen molar-refractivity contribution in [2.24, 2.45) is 7.05 Å². The predicted molar refractivity (Wildman–Crippen MR) is 132 cm³/mol. The number of nitrogens with one attached hydrogen (secondary N) is 2. The van der Waals surface area contributed by atoms with Gasteiger partial charge in [-0.1, -0.05) is 0 Å². The molecule has 3 aromatic rings. The van der Waals surface area contributed by atoms with Crippen molar-refractivity contribution in [3.05, 3.63) is 42.0 Å². The Kier molecular flexibility index (Phi) is 7.59. The van der Waals surface area contributed by atoms with E-state index in [1.54, 1.807) is 55.6 Å². The van der Waals surface area contributed by atoms with Crippen LogP contribution in [0.2, 0.25) is 0 Å². The second kappa shape index (κ2) is 10.3. The largest absolute Gasteiger partial charge is 0.444 e. The third kappa shape index (κ3) is 6.66. The van der Waals surface area contributed by atoms with Gasteiger partial charge in [-0.15, -0.1) is 0 Å². The number of aromatic nitrogens is 5. The Morgan fingerprint density at radius 1 is 1.26 bits per heavy atom. The zero-order chi connectivity index (χ0) is 25.8. The summed E-state index contributed by atoms with van der Waals surface area (Å²) < 4.78 is 14.2. The third-order valence-corrected chi connectivity index (χ3v) is 5.14. The molecule has 188 valence electrons. The first-order valence-corrected chi connectivity index (χ1v) is 11.2. The maximum atomic E-state index is 12.5. The van der Waals surface area contributed by atoms with E-state index in [2.05, 4.69) is 25.7 Å². The van der Waals surface area contributed by atoms with Crippen LogP contribution in [-0.4, -0.2) is 61.6 Å². The number of amides is 1. The average molecular weight is 484 g/mol. The van der Waals surface area contributed by atoms with Crippen LogP contribution in [0.1, 0.15) is 43.7 Å². The van der Waals surface area contributed by atoms with Gasteiger partial charge in [0.05, 0.1) is 29.7 Å². The summed E-state index contributed by atoms with van der Waals surface area (Å²) >= 11 is 0. The summed E-state index contributed by atoms with van der Waals surface area (Å²) in [5.41, 5.74) is 1.24. The number of anilines is 2. The second-order valence-corrected chi connectivity index (χ2v) is 9.71. The Morgan fingerprint density at radius 2 is 2.00 bits per heavy atom. The van der Waals surface area contributed by atoms with Crippen LogP contribution in [-0.2, 0) is 23.1 Å². The van der Waals surface area contributed by atoms with Crippen LogP contribution in [0.3, 0.4) is 0 Å². The van der Waals surface area contributed by atoms with Crippen LogP contribution < -0.4 is 10.6 Å². The van der Waals surface area contributed by atoms with Gasteiger partial charge in [-0.3, -0.25) is 9.48 Å². The highest BCUT2D eigenvalue weighted by atomic mass is 16.6. The summed E-state index contributed by atoms with van der Waals surface area (Å²) in [6, 6.07) is 3.58. The molecule has 0 aromatic carbocycles. The topological polar surface area (TPSA) is 125 Å². The average Bonchev–Trinajstić information content (AvgIpc) is 3.33. The minimum atomic E-state index is -0.835. The normalized spacial score (nSPS) is 13.2. The van der Waals surface area contributed by atoms with E-state index < -0.39 is 17.2 Å². The number of hydrogen-bond donors (Lipinski definition) is 2. The SMILES string of the molecule is COCC(C)(Cn1cc(-c2nc(Nc3ccnn3C)ncc2C)cc1C=O)NC(=O)OC(C)(C)C. The standard InChI is InChI=1S/C24H33N7O4/c1-16-11-25-21(27-19-8-9-26-30(19)6)28-20(16)17-10-18(13-32)31(12-17)14-24(5,15-34-7)29-22(33)35-23(2,3)4/h8-13H,14-15H2,1-7H3,(H,29,33)(H,25,27,28). The van der Waals surface area contributed by atoms with Crippen molar-refractivity contribution >= 4 is 24.1 Å². The molecule has 35 heavy (non-hydrogen) atoms. The number of hydrogen-bond acceptors (Lipinski definition) is 8. The molecule has 0 saturated heterocycles. The van der Waals surface area contributed by atoms with Gasteiger partial charge in [-0.25, -0.2) is 14.8 Å². The van der Waals surface area contributed by atoms with Crippen LogP contribution in [0.25, 0.3) is 11.3 Å². The highest BCUT2D eigenvalue weighted by Crippen LogP contribution is 2.26. The Morgan fingerprint density at radius 3 is 2.60 bits per heavy atom. The maximum Gasteiger partial charge on any atom is 0.408 e. The molecule has 3 aromatic heterocycles. The highest BCUT2D eigenvalue weighted by Gasteiger charge is 2.30. The summed E-state index contributed by atoms with van der Waals surface area (Å²) in [5, 5.41) is 10.2. The van der Waals surface area contributed by atoms with E-state index in [1.165, 1.54) is 0 Å². The van der Waals surface area contributed by atoms with Crippen molar-refractivity contribution in [1.29, 1.82) is 0 Å². The molecular formula is C24H33N7O4. The number of carbonyl (C=O) groups is 2. The number of ether oxygens (including phenoxy) is 2. The molecule has 0 aliphatic carbocycles. The molecular weight excluding hydrogens is 450 g/mol. The number of nitrogens with zero attached hydrogens (tertiary/aromatic N) is 5. The molecule has 1 unspecified atom stereocenters. The first-order valence-electron chi connectivity index (χ1n) is 11.2. The number of alkyl carbamates (subject to hydrolysis) is 1. The number of rotatable bonds is 9. The first kappa shape index (κ1) is 25.9. The van der Waals surface area contributed by atoms with Crippen LogP contribution in [0, 0.1) is 6.92 Å². The summed E-state index contributed by atoms with van der Waals surface area (Å²) in [5.74, 6) is 1.15. The lowest BCUT2D eigenvalue weighted by Gasteiger charge is -2.32. The summed E-state index contributed by atoms with van der Waals surface area (Å²) in [6.45, 7) is 9.61. The lowest BCUT2D eigenvalue weighted by molar-refractivity contribution is 0.0357. The van der Waals surface area contributed by atoms with Crippen molar-refractivity contribution < 1.29 is 19.1 Å². The van der Waals surface area contributed by atoms with Crippen molar-refractivity contribution in [1.82, 2.24) is 29.6 Å². The predicted octanol–water partition coefficient (Wildman–Crippen LogP) is 3.47. The molecule has 0 aliphatic rings. The quantitative estimate of drug-likeness (QED) is 0.443. The molecule has 0 saturated carbocycles. The molecule has 0 spiro atoms. The molecule has 0 radical (unpaired) electrons. The number of aldehydes is 1. The molecule has 11 heteroatoms. The maximum absolute atomic E-state index is 12.5. The van der Waals surface area contributed by atoms with Gasteiger partial charge in [-0.2, -0.15) is 5.10 Å². The van der Waals surface area contributed by atoms with Crippen LogP contribution in [0.15, 0.2) is 30.7 Å². The summed E-state index contributed by atoms with van der Waals surface area (Å²) in [4.78, 5) is 33.4. The number of aryl methyl sites for hydroxylation is 2. The van der Waals surface area contributed by atoms with Gasteiger partial charge in [0, 0.05) is 44.7 Å². The van der Waals surface area contributed by atoms with Crippen molar-refractivity contribution in [2.45, 2.75) is 52.3 Å². The van der Waals surface area contributed by atoms with Gasteiger partial charge in [-0.05, 0) is 46.2 Å². The van der Waals surface area contributed by atoms with Gasteiger partial charge in [0.1, 0.15) is 11.4 Å². The van der Waals surface area contributed by atoms with Gasteiger partial charge >= 0.3 is 6.09 Å². The lowest BCUT2D eigenvalue weighted by atomic mass is 10.0. The Balaban J connectivity index is 1.89. The number of methoxy groups -OCH3 is 1. The van der Waals surface area contributed by atoms with Crippen molar-refractivity contribution in [3.63, 3.8) is 0 Å². The van der Waals surface area contributed by atoms with E-state index in [0.717, 1.165) is 23.2 Å². The van der Waals surface area contributed by atoms with E-state index in [1.807, 2.05) is 33.2 Å².